The summed E-state index contributed by atoms with van der Waals surface area (Å²) in [4.78, 5) is 21.2. The molecule has 9 nitrogen and oxygen atoms in total. The summed E-state index contributed by atoms with van der Waals surface area (Å²) in [5.41, 5.74) is 3.60. The molecule has 0 amide bonds. The molecule has 4 aromatic rings. The summed E-state index contributed by atoms with van der Waals surface area (Å²) in [5.74, 6) is 0.174. The van der Waals surface area contributed by atoms with Gasteiger partial charge in [0.15, 0.2) is 0 Å². The van der Waals surface area contributed by atoms with E-state index in [1.54, 1.807) is 30.3 Å². The van der Waals surface area contributed by atoms with Crippen molar-refractivity contribution < 1.29 is 23.8 Å². The molecule has 2 fully saturated rings. The number of hydrogen-bond acceptors (Lipinski definition) is 7. The number of carboxylic acid groups (broad SMARTS) is 1. The Hall–Kier alpha value is -4.46. The first-order chi connectivity index (χ1) is 20.5. The predicted molar refractivity (Wildman–Crippen MR) is 155 cm³/mol. The average molecular weight is 570 g/mol. The Labute approximate surface area is 243 Å². The number of ether oxygens (including phenoxy) is 2. The van der Waals surface area contributed by atoms with Crippen LogP contribution in [0.1, 0.15) is 40.2 Å². The van der Waals surface area contributed by atoms with Gasteiger partial charge in [-0.1, -0.05) is 12.1 Å². The lowest BCUT2D eigenvalue weighted by Gasteiger charge is -2.36. The number of aromatic carboxylic acids is 1. The van der Waals surface area contributed by atoms with Crippen LogP contribution in [0.25, 0.3) is 11.0 Å². The number of imidazole rings is 1. The number of piperazine rings is 1. The first-order valence-electron chi connectivity index (χ1n) is 14.2. The highest BCUT2D eigenvalue weighted by Crippen LogP contribution is 2.26. The van der Waals surface area contributed by atoms with E-state index in [9.17, 15) is 14.3 Å². The van der Waals surface area contributed by atoms with Crippen molar-refractivity contribution >= 4 is 22.7 Å². The fraction of sp³-hybridized carbons (Fsp3) is 0.344. The van der Waals surface area contributed by atoms with Crippen LogP contribution >= 0.6 is 0 Å². The van der Waals surface area contributed by atoms with Crippen molar-refractivity contribution in [3.05, 3.63) is 89.0 Å². The van der Waals surface area contributed by atoms with Gasteiger partial charge >= 0.3 is 5.97 Å². The molecule has 0 unspecified atom stereocenters. The van der Waals surface area contributed by atoms with Crippen molar-refractivity contribution in [3.63, 3.8) is 0 Å². The van der Waals surface area contributed by atoms with Gasteiger partial charge in [-0.05, 0) is 55.3 Å². The SMILES string of the molecule is N#Cc1ccc(COc2cccc(N3CCN(Cc4nc5ccc(C(=O)O)cc5n4C[C@@H]4CCCO4)CC3)c2)c(F)c1. The summed E-state index contributed by atoms with van der Waals surface area (Å²) in [6, 6.07) is 19.2. The van der Waals surface area contributed by atoms with Gasteiger partial charge in [0.1, 0.15) is 24.0 Å². The number of anilines is 1. The van der Waals surface area contributed by atoms with E-state index < -0.39 is 11.8 Å². The molecule has 0 spiro atoms. The van der Waals surface area contributed by atoms with Crippen LogP contribution in [-0.4, -0.2) is 64.4 Å². The largest absolute Gasteiger partial charge is 0.489 e. The maximum Gasteiger partial charge on any atom is 0.335 e. The topological polar surface area (TPSA) is 104 Å². The molecule has 1 N–H and O–H groups in total. The molecule has 0 saturated carbocycles. The first-order valence-corrected chi connectivity index (χ1v) is 14.2. The van der Waals surface area contributed by atoms with Crippen LogP contribution in [0.5, 0.6) is 5.75 Å². The Balaban J connectivity index is 1.11. The highest BCUT2D eigenvalue weighted by atomic mass is 19.1. The van der Waals surface area contributed by atoms with E-state index in [4.69, 9.17) is 19.7 Å². The van der Waals surface area contributed by atoms with Crippen molar-refractivity contribution in [3.8, 4) is 11.8 Å². The number of carboxylic acids is 1. The summed E-state index contributed by atoms with van der Waals surface area (Å²) in [7, 11) is 0. The number of nitriles is 1. The zero-order chi connectivity index (χ0) is 29.1. The van der Waals surface area contributed by atoms with E-state index in [-0.39, 0.29) is 23.8 Å². The minimum absolute atomic E-state index is 0.0790. The monoisotopic (exact) mass is 569 g/mol. The second kappa shape index (κ2) is 12.2. The summed E-state index contributed by atoms with van der Waals surface area (Å²) in [5, 5.41) is 18.5. The second-order valence-corrected chi connectivity index (χ2v) is 10.7. The van der Waals surface area contributed by atoms with Gasteiger partial charge in [-0.15, -0.1) is 0 Å². The number of aromatic nitrogens is 2. The van der Waals surface area contributed by atoms with Crippen LogP contribution in [0.2, 0.25) is 0 Å². The number of carbonyl (C=O) groups is 1. The summed E-state index contributed by atoms with van der Waals surface area (Å²) >= 11 is 0. The molecule has 0 radical (unpaired) electrons. The fourth-order valence-corrected chi connectivity index (χ4v) is 5.65. The van der Waals surface area contributed by atoms with Crippen molar-refractivity contribution in [2.45, 2.75) is 38.6 Å². The Morgan fingerprint density at radius 1 is 1.12 bits per heavy atom. The van der Waals surface area contributed by atoms with E-state index in [2.05, 4.69) is 14.4 Å². The highest BCUT2D eigenvalue weighted by molar-refractivity contribution is 5.92. The van der Waals surface area contributed by atoms with E-state index >= 15 is 0 Å². The number of fused-ring (bicyclic) bond motifs is 1. The van der Waals surface area contributed by atoms with Gasteiger partial charge in [0.2, 0.25) is 0 Å². The third kappa shape index (κ3) is 6.08. The van der Waals surface area contributed by atoms with Crippen LogP contribution in [0.3, 0.4) is 0 Å². The average Bonchev–Trinajstić information content (AvgIpc) is 3.65. The molecule has 2 aliphatic rings. The van der Waals surface area contributed by atoms with Gasteiger partial charge < -0.3 is 24.0 Å². The minimum Gasteiger partial charge on any atom is -0.489 e. The fourth-order valence-electron chi connectivity index (χ4n) is 5.65. The van der Waals surface area contributed by atoms with Crippen LogP contribution in [0.4, 0.5) is 10.1 Å². The maximum absolute atomic E-state index is 14.3. The van der Waals surface area contributed by atoms with Crippen LogP contribution in [0.15, 0.2) is 60.7 Å². The Morgan fingerprint density at radius 3 is 2.71 bits per heavy atom. The van der Waals surface area contributed by atoms with E-state index in [1.807, 2.05) is 30.3 Å². The molecule has 216 valence electrons. The molecule has 1 aromatic heterocycles. The van der Waals surface area contributed by atoms with Crippen LogP contribution < -0.4 is 9.64 Å². The van der Waals surface area contributed by atoms with E-state index in [0.29, 0.717) is 24.4 Å². The third-order valence-corrected chi connectivity index (χ3v) is 7.98. The Kier molecular flexibility index (Phi) is 8.04. The molecular formula is C32H32FN5O4. The molecule has 3 aromatic carbocycles. The third-order valence-electron chi connectivity index (χ3n) is 7.98. The molecule has 42 heavy (non-hydrogen) atoms. The van der Waals surface area contributed by atoms with Crippen molar-refractivity contribution in [1.29, 1.82) is 5.26 Å². The Morgan fingerprint density at radius 2 is 1.98 bits per heavy atom. The normalized spacial score (nSPS) is 17.4. The number of rotatable bonds is 9. The van der Waals surface area contributed by atoms with Gasteiger partial charge in [0.25, 0.3) is 0 Å². The van der Waals surface area contributed by atoms with Crippen molar-refractivity contribution in [2.75, 3.05) is 37.7 Å². The molecule has 1 atom stereocenters. The Bertz CT molecular complexity index is 1630. The molecule has 3 heterocycles. The zero-order valence-electron chi connectivity index (χ0n) is 23.2. The molecule has 0 bridgehead atoms. The number of hydrogen-bond donors (Lipinski definition) is 1. The van der Waals surface area contributed by atoms with Gasteiger partial charge in [-0.25, -0.2) is 14.2 Å². The molecule has 2 saturated heterocycles. The number of benzene rings is 3. The molecule has 0 aliphatic carbocycles. The van der Waals surface area contributed by atoms with Gasteiger partial charge in [0.05, 0.1) is 47.4 Å². The summed E-state index contributed by atoms with van der Waals surface area (Å²) < 4.78 is 28.2. The lowest BCUT2D eigenvalue weighted by Crippen LogP contribution is -2.46. The number of halogens is 1. The minimum atomic E-state index is -0.949. The van der Waals surface area contributed by atoms with E-state index in [1.165, 1.54) is 6.07 Å². The quantitative estimate of drug-likeness (QED) is 0.306. The first kappa shape index (κ1) is 27.7. The number of nitrogens with zero attached hydrogens (tertiary/aromatic N) is 5. The smallest absolute Gasteiger partial charge is 0.335 e. The van der Waals surface area contributed by atoms with E-state index in [0.717, 1.165) is 68.2 Å². The van der Waals surface area contributed by atoms with Gasteiger partial charge in [0, 0.05) is 50.1 Å². The lowest BCUT2D eigenvalue weighted by atomic mass is 10.1. The standard InChI is InChI=1S/C32H32FN5O4/c33-28-15-22(18-34)6-7-24(28)21-42-26-4-1-3-25(17-26)37-12-10-36(11-13-37)20-31-35-29-9-8-23(32(39)40)16-30(29)38(31)19-27-5-2-14-41-27/h1,3-4,6-9,15-17,27H,2,5,10-14,19-21H2,(H,39,40)/t27-/m0/s1. The van der Waals surface area contributed by atoms with Crippen molar-refractivity contribution in [1.82, 2.24) is 14.5 Å². The lowest BCUT2D eigenvalue weighted by molar-refractivity contribution is 0.0697. The van der Waals surface area contributed by atoms with Gasteiger partial charge in [-0.3, -0.25) is 4.90 Å². The molecule has 2 aliphatic heterocycles. The summed E-state index contributed by atoms with van der Waals surface area (Å²) in [6.45, 7) is 5.48. The van der Waals surface area contributed by atoms with Crippen LogP contribution in [-0.2, 0) is 24.4 Å². The van der Waals surface area contributed by atoms with Crippen LogP contribution in [0, 0.1) is 17.1 Å². The second-order valence-electron chi connectivity index (χ2n) is 10.7. The molecular weight excluding hydrogens is 537 g/mol. The van der Waals surface area contributed by atoms with Gasteiger partial charge in [-0.2, -0.15) is 5.26 Å². The predicted octanol–water partition coefficient (Wildman–Crippen LogP) is 4.83. The molecule has 6 rings (SSSR count). The highest BCUT2D eigenvalue weighted by Gasteiger charge is 2.24. The maximum atomic E-state index is 14.3. The zero-order valence-corrected chi connectivity index (χ0v) is 23.2. The van der Waals surface area contributed by atoms with Crippen molar-refractivity contribution in [2.24, 2.45) is 0 Å². The molecule has 10 heteroatoms. The summed E-state index contributed by atoms with van der Waals surface area (Å²) in [6.07, 6.45) is 2.13.